The van der Waals surface area contributed by atoms with E-state index in [4.69, 9.17) is 17.3 Å². The normalized spacial score (nSPS) is 11.4. The number of pyridine rings is 1. The molecule has 1 aromatic carbocycles. The lowest BCUT2D eigenvalue weighted by molar-refractivity contribution is -0.137. The van der Waals surface area contributed by atoms with Gasteiger partial charge < -0.3 is 16.4 Å². The molecular weight excluding hydrogens is 407 g/mol. The van der Waals surface area contributed by atoms with E-state index in [9.17, 15) is 22.0 Å². The number of hydrogen-bond donors (Lipinski definition) is 3. The monoisotopic (exact) mass is 416 g/mol. The lowest BCUT2D eigenvalue weighted by Gasteiger charge is -2.14. The summed E-state index contributed by atoms with van der Waals surface area (Å²) in [5, 5.41) is 4.85. The van der Waals surface area contributed by atoms with Crippen LogP contribution in [0.3, 0.4) is 0 Å². The molecule has 0 aliphatic carbocycles. The molecule has 3 aromatic rings. The fourth-order valence-electron chi connectivity index (χ4n) is 2.11. The zero-order chi connectivity index (χ0) is 20.5. The molecule has 0 atom stereocenters. The number of alkyl halides is 3. The van der Waals surface area contributed by atoms with E-state index in [1.165, 1.54) is 0 Å². The maximum atomic E-state index is 13.8. The Balaban J connectivity index is 1.87. The highest BCUT2D eigenvalue weighted by molar-refractivity contribution is 6.33. The van der Waals surface area contributed by atoms with Gasteiger partial charge in [-0.05, 0) is 18.2 Å². The molecule has 0 unspecified atom stereocenters. The number of aromatic nitrogens is 3. The minimum absolute atomic E-state index is 0.0222. The Labute approximate surface area is 159 Å². The summed E-state index contributed by atoms with van der Waals surface area (Å²) in [6.45, 7) is 0. The maximum Gasteiger partial charge on any atom is 0.417 e. The third kappa shape index (κ3) is 4.19. The van der Waals surface area contributed by atoms with Crippen LogP contribution in [0.2, 0.25) is 5.02 Å². The Morgan fingerprint density at radius 3 is 2.21 bits per heavy atom. The van der Waals surface area contributed by atoms with Gasteiger partial charge >= 0.3 is 6.18 Å². The number of halogens is 6. The third-order valence-corrected chi connectivity index (χ3v) is 3.76. The van der Waals surface area contributed by atoms with Gasteiger partial charge in [0.1, 0.15) is 29.5 Å². The molecule has 6 nitrogen and oxygen atoms in total. The van der Waals surface area contributed by atoms with E-state index in [2.05, 4.69) is 25.6 Å². The average molecular weight is 417 g/mol. The molecule has 0 aliphatic heterocycles. The first kappa shape index (κ1) is 19.5. The van der Waals surface area contributed by atoms with Gasteiger partial charge in [0.15, 0.2) is 11.6 Å². The standard InChI is InChI=1S/C16H10ClF5N6/c17-9-3-7(16(20,21)22)5-24-13(9)28-15-12(23)14(25-6-26-15)27-11-2-1-8(18)4-10(11)19/h1-6H,23H2,(H2,24,25,26,27,28). The van der Waals surface area contributed by atoms with Crippen molar-refractivity contribution < 1.29 is 22.0 Å². The van der Waals surface area contributed by atoms with Crippen LogP contribution in [0.5, 0.6) is 0 Å². The fraction of sp³-hybridized carbons (Fsp3) is 0.0625. The largest absolute Gasteiger partial charge is 0.417 e. The molecular formula is C16H10ClF5N6. The lowest BCUT2D eigenvalue weighted by atomic mass is 10.2. The molecule has 0 spiro atoms. The minimum atomic E-state index is -4.60. The number of anilines is 5. The first-order valence-electron chi connectivity index (χ1n) is 7.47. The van der Waals surface area contributed by atoms with Gasteiger partial charge in [-0.25, -0.2) is 23.7 Å². The van der Waals surface area contributed by atoms with E-state index in [0.29, 0.717) is 18.3 Å². The number of hydrogen-bond acceptors (Lipinski definition) is 6. The Kier molecular flexibility index (Phi) is 5.18. The third-order valence-electron chi connectivity index (χ3n) is 3.47. The first-order valence-corrected chi connectivity index (χ1v) is 7.85. The van der Waals surface area contributed by atoms with E-state index >= 15 is 0 Å². The predicted molar refractivity (Wildman–Crippen MR) is 93.6 cm³/mol. The lowest BCUT2D eigenvalue weighted by Crippen LogP contribution is -2.09. The second-order valence-corrected chi connectivity index (χ2v) is 5.82. The van der Waals surface area contributed by atoms with Crippen LogP contribution in [0, 0.1) is 11.6 Å². The molecule has 12 heteroatoms. The number of rotatable bonds is 4. The van der Waals surface area contributed by atoms with E-state index < -0.39 is 23.4 Å². The fourth-order valence-corrected chi connectivity index (χ4v) is 2.32. The van der Waals surface area contributed by atoms with Crippen molar-refractivity contribution in [2.45, 2.75) is 6.18 Å². The Bertz CT molecular complexity index is 1030. The van der Waals surface area contributed by atoms with Crippen LogP contribution in [0.25, 0.3) is 0 Å². The number of nitrogens with one attached hydrogen (secondary N) is 2. The van der Waals surface area contributed by atoms with Gasteiger partial charge in [-0.3, -0.25) is 0 Å². The van der Waals surface area contributed by atoms with Gasteiger partial charge in [0.2, 0.25) is 0 Å². The quantitative estimate of drug-likeness (QED) is 0.525. The summed E-state index contributed by atoms with van der Waals surface area (Å²) < 4.78 is 64.8. The van der Waals surface area contributed by atoms with Crippen LogP contribution >= 0.6 is 11.6 Å². The zero-order valence-corrected chi connectivity index (χ0v) is 14.4. The van der Waals surface area contributed by atoms with E-state index in [1.54, 1.807) is 0 Å². The van der Waals surface area contributed by atoms with Crippen molar-refractivity contribution in [1.82, 2.24) is 15.0 Å². The summed E-state index contributed by atoms with van der Waals surface area (Å²) in [6.07, 6.45) is -2.93. The second-order valence-electron chi connectivity index (χ2n) is 5.41. The van der Waals surface area contributed by atoms with Crippen molar-refractivity contribution in [3.05, 3.63) is 59.0 Å². The highest BCUT2D eigenvalue weighted by Crippen LogP contribution is 2.34. The van der Waals surface area contributed by atoms with Gasteiger partial charge in [-0.15, -0.1) is 0 Å². The summed E-state index contributed by atoms with van der Waals surface area (Å²) in [5.41, 5.74) is 4.70. The molecule has 0 saturated heterocycles. The molecule has 2 heterocycles. The minimum Gasteiger partial charge on any atom is -0.393 e. The van der Waals surface area contributed by atoms with Crippen LogP contribution < -0.4 is 16.4 Å². The zero-order valence-electron chi connectivity index (χ0n) is 13.7. The number of nitrogens with zero attached hydrogens (tertiary/aromatic N) is 3. The molecule has 0 saturated carbocycles. The highest BCUT2D eigenvalue weighted by atomic mass is 35.5. The first-order chi connectivity index (χ1) is 13.1. The Hall–Kier alpha value is -3.21. The van der Waals surface area contributed by atoms with Crippen molar-refractivity contribution in [2.24, 2.45) is 0 Å². The molecule has 0 fully saturated rings. The summed E-state index contributed by atoms with van der Waals surface area (Å²) in [5.74, 6) is -1.82. The van der Waals surface area contributed by atoms with Gasteiger partial charge in [-0.1, -0.05) is 11.6 Å². The van der Waals surface area contributed by atoms with Crippen LogP contribution in [0.1, 0.15) is 5.56 Å². The molecule has 4 N–H and O–H groups in total. The van der Waals surface area contributed by atoms with Crippen molar-refractivity contribution in [1.29, 1.82) is 0 Å². The van der Waals surface area contributed by atoms with Crippen LogP contribution in [-0.4, -0.2) is 15.0 Å². The molecule has 3 rings (SSSR count). The topological polar surface area (TPSA) is 88.8 Å². The number of benzene rings is 1. The second kappa shape index (κ2) is 7.43. The summed E-state index contributed by atoms with van der Waals surface area (Å²) in [7, 11) is 0. The molecule has 146 valence electrons. The van der Waals surface area contributed by atoms with Gasteiger partial charge in [0, 0.05) is 12.3 Å². The summed E-state index contributed by atoms with van der Waals surface area (Å²) >= 11 is 5.83. The Morgan fingerprint density at radius 1 is 0.929 bits per heavy atom. The molecule has 0 radical (unpaired) electrons. The molecule has 0 bridgehead atoms. The van der Waals surface area contributed by atoms with Crippen LogP contribution in [0.15, 0.2) is 36.8 Å². The number of nitrogen functional groups attached to an aromatic ring is 1. The SMILES string of the molecule is Nc1c(Nc2ccc(F)cc2F)ncnc1Nc1ncc(C(F)(F)F)cc1Cl. The predicted octanol–water partition coefficient (Wildman–Crippen LogP) is 4.89. The summed E-state index contributed by atoms with van der Waals surface area (Å²) in [4.78, 5) is 11.3. The van der Waals surface area contributed by atoms with E-state index in [0.717, 1.165) is 18.5 Å². The van der Waals surface area contributed by atoms with Gasteiger partial charge in [-0.2, -0.15) is 13.2 Å². The van der Waals surface area contributed by atoms with Crippen molar-refractivity contribution in [2.75, 3.05) is 16.4 Å². The Morgan fingerprint density at radius 2 is 1.61 bits per heavy atom. The van der Waals surface area contributed by atoms with Crippen molar-refractivity contribution >= 4 is 40.4 Å². The molecule has 2 aromatic heterocycles. The van der Waals surface area contributed by atoms with Crippen LogP contribution in [-0.2, 0) is 6.18 Å². The van der Waals surface area contributed by atoms with Crippen molar-refractivity contribution in [3.8, 4) is 0 Å². The summed E-state index contributed by atoms with van der Waals surface area (Å²) in [6, 6.07) is 3.55. The molecule has 28 heavy (non-hydrogen) atoms. The van der Waals surface area contributed by atoms with E-state index in [1.807, 2.05) is 0 Å². The van der Waals surface area contributed by atoms with Gasteiger partial charge in [0.25, 0.3) is 0 Å². The van der Waals surface area contributed by atoms with Crippen LogP contribution in [0.4, 0.5) is 50.8 Å². The maximum absolute atomic E-state index is 13.8. The number of nitrogens with two attached hydrogens (primary N) is 1. The smallest absolute Gasteiger partial charge is 0.393 e. The average Bonchev–Trinajstić information content (AvgIpc) is 2.61. The highest BCUT2D eigenvalue weighted by Gasteiger charge is 2.31. The van der Waals surface area contributed by atoms with Gasteiger partial charge in [0.05, 0.1) is 16.3 Å². The molecule has 0 aliphatic rings. The van der Waals surface area contributed by atoms with Crippen molar-refractivity contribution in [3.63, 3.8) is 0 Å². The molecule has 0 amide bonds. The van der Waals surface area contributed by atoms with E-state index in [-0.39, 0.29) is 33.9 Å².